The molecule has 6 heterocycles. The summed E-state index contributed by atoms with van der Waals surface area (Å²) in [6.45, 7) is 11.9. The first-order valence-electron chi connectivity index (χ1n) is 30.1. The molecule has 0 saturated carbocycles. The van der Waals surface area contributed by atoms with Crippen LogP contribution in [0.1, 0.15) is 155 Å². The number of fused-ring (bicyclic) bond motifs is 3. The van der Waals surface area contributed by atoms with Gasteiger partial charge in [-0.1, -0.05) is 19.1 Å². The molecule has 482 valence electrons. The van der Waals surface area contributed by atoms with Gasteiger partial charge in [0, 0.05) is 73.7 Å². The van der Waals surface area contributed by atoms with Crippen LogP contribution in [-0.2, 0) is 56.8 Å². The molecule has 0 spiro atoms. The predicted octanol–water partition coefficient (Wildman–Crippen LogP) is 1.62. The fourth-order valence-electron chi connectivity index (χ4n) is 14.0. The van der Waals surface area contributed by atoms with Crippen LogP contribution in [0.25, 0.3) is 0 Å². The highest BCUT2D eigenvalue weighted by molar-refractivity contribution is 6.31. The summed E-state index contributed by atoms with van der Waals surface area (Å²) in [6, 6.07) is 3.02. The van der Waals surface area contributed by atoms with Crippen molar-refractivity contribution in [2.75, 3.05) is 28.2 Å². The van der Waals surface area contributed by atoms with Crippen molar-refractivity contribution in [3.63, 3.8) is 0 Å². The van der Waals surface area contributed by atoms with Gasteiger partial charge < -0.3 is 118 Å². The summed E-state index contributed by atoms with van der Waals surface area (Å²) in [5.41, 5.74) is -4.04. The molecule has 8 aliphatic rings. The number of aliphatic hydroxyl groups excluding tert-OH is 6. The number of hydrogen-bond donors (Lipinski definition) is 10. The maximum Gasteiger partial charge on any atom is 0.202 e. The predicted molar refractivity (Wildman–Crippen MR) is 296 cm³/mol. The molecule has 10 N–H and O–H groups in total. The standard InChI is InChI=1S/C60H88N2O24/c1-12-60(74)22-37(81-38-16-30(61(8)9)55(25(4)77-38)82-42-20-35(66)57(27(6)79-42)84-40-18-33(64)49(68)23(2)75-40)45-48(54(73)46-47(53(45)72)52(71)44-29(51(46)70)14-13-15-32(44)63)59(60)86-39-17-31(62(10)11)56(26(5)78-39)83-43-21-36(67)58(28(7)80-43)85-41-19-34(65)50(69)24(3)76-41/h13-15,23-28,30-31,33-43,49-50,55-59,63-69,72-74H,12,16-22H2,1-11H3/t23-,24+,25-,26+,27-,28+,30-,31+,33-,34+,35-,36+,37-,38-,39+,40-,41+,42-,43+,49+,50-,55+,56-,57+,58-,59+,60+/m0/s1. The largest absolute Gasteiger partial charge is 0.507 e. The number of carbonyl (C=O) groups is 2. The summed E-state index contributed by atoms with van der Waals surface area (Å²) < 4.78 is 76.3. The van der Waals surface area contributed by atoms with Gasteiger partial charge in [0.2, 0.25) is 5.78 Å². The molecule has 6 fully saturated rings. The third-order valence-electron chi connectivity index (χ3n) is 18.8. The van der Waals surface area contributed by atoms with Gasteiger partial charge in [-0.05, 0) is 82.2 Å². The highest BCUT2D eigenvalue weighted by Gasteiger charge is 2.56. The van der Waals surface area contributed by atoms with E-state index in [4.69, 9.17) is 56.8 Å². The highest BCUT2D eigenvalue weighted by Crippen LogP contribution is 2.58. The zero-order valence-corrected chi connectivity index (χ0v) is 50.5. The molecule has 6 aliphatic heterocycles. The Morgan fingerprint density at radius 1 is 0.488 bits per heavy atom. The molecule has 10 rings (SSSR count). The average molecular weight is 1220 g/mol. The summed E-state index contributed by atoms with van der Waals surface area (Å²) in [4.78, 5) is 32.9. The number of ether oxygens (including phenoxy) is 12. The number of aliphatic hydroxyl groups is 7. The monoisotopic (exact) mass is 1220 g/mol. The molecule has 27 atom stereocenters. The third kappa shape index (κ3) is 12.6. The van der Waals surface area contributed by atoms with Gasteiger partial charge in [0.25, 0.3) is 0 Å². The molecule has 2 aromatic carbocycles. The smallest absolute Gasteiger partial charge is 0.202 e. The Hall–Kier alpha value is -3.66. The van der Waals surface area contributed by atoms with Crippen LogP contribution < -0.4 is 0 Å². The SMILES string of the molecule is CC[C@@]1(O)C[C@H](O[C@H]2C[C@H](N(C)C)[C@H](O[C@H]3C[C@H](O)[C@H](O[C@H]4C[C@H](O)[C@H](O)[C@H](C)O4)[C@H](C)O3)[C@H](C)O2)c2c(O)c3c(c(O)c2[C@H]1O[C@@H]1C[C@@H](N(C)C)[C@@H](O[C@@H]2C[C@@H](O)[C@@H](O[C@@H]4C[C@@H](O)[C@@H](O)[C@@H](C)O4)[C@@H](C)O2)[C@@H](C)O1)C(=O)c1cccc(O)c1C3=O. The molecular weight excluding hydrogens is 1130 g/mol. The van der Waals surface area contributed by atoms with E-state index in [1.165, 1.54) is 18.2 Å². The van der Waals surface area contributed by atoms with Crippen molar-refractivity contribution >= 4 is 11.6 Å². The Bertz CT molecular complexity index is 2690. The Morgan fingerprint density at radius 2 is 0.872 bits per heavy atom. The molecule has 0 bridgehead atoms. The third-order valence-corrected chi connectivity index (χ3v) is 18.8. The Labute approximate surface area is 499 Å². The number of hydrogen-bond acceptors (Lipinski definition) is 26. The number of likely N-dealkylation sites (N-methyl/N-ethyl adjacent to an activating group) is 2. The van der Waals surface area contributed by atoms with E-state index in [-0.39, 0.29) is 73.6 Å². The van der Waals surface area contributed by atoms with Crippen LogP contribution in [0.4, 0.5) is 0 Å². The van der Waals surface area contributed by atoms with E-state index >= 15 is 0 Å². The molecule has 0 unspecified atom stereocenters. The second-order valence-electron chi connectivity index (χ2n) is 25.2. The molecule has 0 amide bonds. The van der Waals surface area contributed by atoms with Crippen LogP contribution in [0.5, 0.6) is 17.2 Å². The molecule has 2 aromatic rings. The lowest BCUT2D eigenvalue weighted by Crippen LogP contribution is -2.59. The lowest BCUT2D eigenvalue weighted by atomic mass is 9.70. The van der Waals surface area contributed by atoms with Crippen LogP contribution in [0.15, 0.2) is 18.2 Å². The first-order chi connectivity index (χ1) is 40.6. The second kappa shape index (κ2) is 25.9. The van der Waals surface area contributed by atoms with E-state index in [0.717, 1.165) is 0 Å². The van der Waals surface area contributed by atoms with Gasteiger partial charge in [-0.3, -0.25) is 9.59 Å². The van der Waals surface area contributed by atoms with Gasteiger partial charge in [0.05, 0.1) is 89.4 Å². The summed E-state index contributed by atoms with van der Waals surface area (Å²) in [7, 11) is 7.36. The minimum absolute atomic E-state index is 0.000163. The summed E-state index contributed by atoms with van der Waals surface area (Å²) in [5.74, 6) is -3.82. The van der Waals surface area contributed by atoms with Crippen LogP contribution >= 0.6 is 0 Å². The van der Waals surface area contributed by atoms with Crippen molar-refractivity contribution in [1.82, 2.24) is 9.80 Å². The number of carbonyl (C=O) groups excluding carboxylic acids is 2. The van der Waals surface area contributed by atoms with Crippen LogP contribution in [0.2, 0.25) is 0 Å². The zero-order valence-electron chi connectivity index (χ0n) is 50.5. The van der Waals surface area contributed by atoms with Crippen LogP contribution in [0.3, 0.4) is 0 Å². The maximum absolute atomic E-state index is 14.6. The van der Waals surface area contributed by atoms with Crippen LogP contribution in [0, 0.1) is 0 Å². The van der Waals surface area contributed by atoms with Crippen molar-refractivity contribution in [1.29, 1.82) is 0 Å². The van der Waals surface area contributed by atoms with Crippen molar-refractivity contribution < 1.29 is 117 Å². The maximum atomic E-state index is 14.6. The van der Waals surface area contributed by atoms with Gasteiger partial charge in [-0.15, -0.1) is 0 Å². The fourth-order valence-corrected chi connectivity index (χ4v) is 14.0. The number of aromatic hydroxyl groups is 3. The second-order valence-corrected chi connectivity index (χ2v) is 25.2. The van der Waals surface area contributed by atoms with E-state index in [1.54, 1.807) is 48.5 Å². The van der Waals surface area contributed by atoms with Gasteiger partial charge in [-0.2, -0.15) is 0 Å². The fraction of sp³-hybridized carbons (Fsp3) is 0.767. The lowest BCUT2D eigenvalue weighted by Gasteiger charge is -2.50. The molecule has 26 nitrogen and oxygen atoms in total. The van der Waals surface area contributed by atoms with E-state index in [9.17, 15) is 60.7 Å². The Balaban J connectivity index is 0.889. The minimum atomic E-state index is -1.94. The van der Waals surface area contributed by atoms with Crippen molar-refractivity contribution in [3.05, 3.63) is 51.6 Å². The quantitative estimate of drug-likeness (QED) is 0.0967. The van der Waals surface area contributed by atoms with Crippen LogP contribution in [-0.4, -0.2) is 254 Å². The first-order valence-corrected chi connectivity index (χ1v) is 30.1. The van der Waals surface area contributed by atoms with E-state index in [2.05, 4.69) is 0 Å². The summed E-state index contributed by atoms with van der Waals surface area (Å²) in [6.07, 6.45) is -22.7. The van der Waals surface area contributed by atoms with Crippen molar-refractivity contribution in [2.45, 2.75) is 265 Å². The molecular formula is C60H88N2O24. The Kier molecular flexibility index (Phi) is 19.7. The number of nitrogens with zero attached hydrogens (tertiary/aromatic N) is 2. The first kappa shape index (κ1) is 65.3. The molecule has 26 heteroatoms. The number of phenolic OH excluding ortho intramolecular Hbond substituents is 3. The summed E-state index contributed by atoms with van der Waals surface area (Å²) >= 11 is 0. The molecule has 0 aromatic heterocycles. The van der Waals surface area contributed by atoms with Crippen molar-refractivity contribution in [2.24, 2.45) is 0 Å². The number of ketones is 2. The van der Waals surface area contributed by atoms with E-state index in [0.29, 0.717) is 0 Å². The topological polar surface area (TPSA) is 354 Å². The molecule has 0 radical (unpaired) electrons. The van der Waals surface area contributed by atoms with Gasteiger partial charge in [-0.25, -0.2) is 0 Å². The number of benzene rings is 2. The minimum Gasteiger partial charge on any atom is -0.507 e. The average Bonchev–Trinajstić information content (AvgIpc) is 0.714. The van der Waals surface area contributed by atoms with Gasteiger partial charge in [0.1, 0.15) is 60.0 Å². The number of rotatable bonds is 15. The molecule has 6 saturated heterocycles. The van der Waals surface area contributed by atoms with Gasteiger partial charge >= 0.3 is 0 Å². The van der Waals surface area contributed by atoms with Gasteiger partial charge in [0.15, 0.2) is 43.5 Å². The van der Waals surface area contributed by atoms with Crippen molar-refractivity contribution in [3.8, 4) is 17.2 Å². The lowest BCUT2D eigenvalue weighted by molar-refractivity contribution is -0.336. The molecule has 86 heavy (non-hydrogen) atoms. The molecule has 2 aliphatic carbocycles. The van der Waals surface area contributed by atoms with E-state index in [1.807, 2.05) is 38.0 Å². The van der Waals surface area contributed by atoms with E-state index < -0.39 is 205 Å². The summed E-state index contributed by atoms with van der Waals surface area (Å²) in [5, 5.41) is 113. The number of phenols is 3. The normalized spacial score (nSPS) is 43.9. The zero-order chi connectivity index (χ0) is 62.3. The Morgan fingerprint density at radius 3 is 1.30 bits per heavy atom. The highest BCUT2D eigenvalue weighted by atomic mass is 16.8.